The van der Waals surface area contributed by atoms with Crippen LogP contribution in [0.4, 0.5) is 0 Å². The van der Waals surface area contributed by atoms with Gasteiger partial charge in [0.15, 0.2) is 0 Å². The summed E-state index contributed by atoms with van der Waals surface area (Å²) >= 11 is 0. The van der Waals surface area contributed by atoms with Gasteiger partial charge < -0.3 is 5.11 Å². The maximum absolute atomic E-state index is 9.37. The maximum atomic E-state index is 9.37. The van der Waals surface area contributed by atoms with Gasteiger partial charge in [0.2, 0.25) is 0 Å². The van der Waals surface area contributed by atoms with Crippen LogP contribution in [0.5, 0.6) is 0 Å². The predicted molar refractivity (Wildman–Crippen MR) is 56.5 cm³/mol. The van der Waals surface area contributed by atoms with Crippen molar-refractivity contribution in [2.24, 2.45) is 17.8 Å². The Kier molecular flexibility index (Phi) is 3.55. The summed E-state index contributed by atoms with van der Waals surface area (Å²) in [6, 6.07) is 0. The van der Waals surface area contributed by atoms with E-state index in [4.69, 9.17) is 0 Å². The van der Waals surface area contributed by atoms with Gasteiger partial charge in [-0.15, -0.1) is 0 Å². The average Bonchev–Trinajstić information content (AvgIpc) is 2.78. The first kappa shape index (κ1) is 10.8. The Bertz CT molecular complexity index is 189. The molecular weight excluding hydrogens is 160 g/mol. The Morgan fingerprint density at radius 1 is 1.38 bits per heavy atom. The predicted octanol–water partition coefficient (Wildman–Crippen LogP) is 3.00. The van der Waals surface area contributed by atoms with E-state index in [0.29, 0.717) is 5.92 Å². The van der Waals surface area contributed by atoms with Gasteiger partial charge in [-0.25, -0.2) is 0 Å². The third-order valence-electron chi connectivity index (χ3n) is 3.14. The quantitative estimate of drug-likeness (QED) is 0.663. The van der Waals surface area contributed by atoms with Gasteiger partial charge in [0.1, 0.15) is 0 Å². The Balaban J connectivity index is 2.27. The number of hydrogen-bond donors (Lipinski definition) is 1. The SMILES string of the molecule is CC(C)=CCC(C)C1CC1C(C)O. The van der Waals surface area contributed by atoms with Crippen molar-refractivity contribution in [3.63, 3.8) is 0 Å². The molecule has 0 amide bonds. The molecule has 0 saturated heterocycles. The van der Waals surface area contributed by atoms with E-state index in [1.807, 2.05) is 6.92 Å². The normalized spacial score (nSPS) is 30.8. The zero-order valence-electron chi connectivity index (χ0n) is 9.25. The van der Waals surface area contributed by atoms with Crippen molar-refractivity contribution in [3.05, 3.63) is 11.6 Å². The lowest BCUT2D eigenvalue weighted by molar-refractivity contribution is 0.159. The molecule has 0 aromatic rings. The van der Waals surface area contributed by atoms with E-state index in [2.05, 4.69) is 26.8 Å². The summed E-state index contributed by atoms with van der Waals surface area (Å²) in [6.07, 6.45) is 4.62. The summed E-state index contributed by atoms with van der Waals surface area (Å²) in [6.45, 7) is 8.50. The van der Waals surface area contributed by atoms with E-state index < -0.39 is 0 Å². The molecule has 4 unspecified atom stereocenters. The first-order chi connectivity index (χ1) is 6.02. The van der Waals surface area contributed by atoms with Crippen LogP contribution >= 0.6 is 0 Å². The smallest absolute Gasteiger partial charge is 0.0543 e. The zero-order chi connectivity index (χ0) is 10.0. The fraction of sp³-hybridized carbons (Fsp3) is 0.833. The average molecular weight is 182 g/mol. The molecule has 4 atom stereocenters. The highest BCUT2D eigenvalue weighted by Gasteiger charge is 2.43. The number of rotatable bonds is 4. The van der Waals surface area contributed by atoms with Crippen LogP contribution in [0.2, 0.25) is 0 Å². The van der Waals surface area contributed by atoms with Crippen molar-refractivity contribution in [3.8, 4) is 0 Å². The molecular formula is C12H22O. The molecule has 0 bridgehead atoms. The van der Waals surface area contributed by atoms with Gasteiger partial charge in [-0.05, 0) is 51.4 Å². The van der Waals surface area contributed by atoms with Gasteiger partial charge in [0, 0.05) is 0 Å². The summed E-state index contributed by atoms with van der Waals surface area (Å²) < 4.78 is 0. The molecule has 1 nitrogen and oxygen atoms in total. The van der Waals surface area contributed by atoms with Crippen LogP contribution in [0.25, 0.3) is 0 Å². The second-order valence-electron chi connectivity index (χ2n) is 4.80. The summed E-state index contributed by atoms with van der Waals surface area (Å²) in [5.41, 5.74) is 1.40. The van der Waals surface area contributed by atoms with Gasteiger partial charge in [0.25, 0.3) is 0 Å². The van der Waals surface area contributed by atoms with E-state index in [-0.39, 0.29) is 6.10 Å². The van der Waals surface area contributed by atoms with Crippen molar-refractivity contribution in [2.75, 3.05) is 0 Å². The lowest BCUT2D eigenvalue weighted by Crippen LogP contribution is -2.07. The van der Waals surface area contributed by atoms with Crippen molar-refractivity contribution in [1.29, 1.82) is 0 Å². The number of allylic oxidation sites excluding steroid dienone is 2. The van der Waals surface area contributed by atoms with E-state index in [0.717, 1.165) is 11.8 Å². The number of aliphatic hydroxyl groups excluding tert-OH is 1. The molecule has 1 aliphatic rings. The van der Waals surface area contributed by atoms with Gasteiger partial charge >= 0.3 is 0 Å². The first-order valence-electron chi connectivity index (χ1n) is 5.33. The standard InChI is InChI=1S/C12H22O/c1-8(2)5-6-9(3)11-7-12(11)10(4)13/h5,9-13H,6-7H2,1-4H3. The fourth-order valence-corrected chi connectivity index (χ4v) is 2.04. The molecule has 0 aromatic heterocycles. The summed E-state index contributed by atoms with van der Waals surface area (Å²) in [4.78, 5) is 0. The summed E-state index contributed by atoms with van der Waals surface area (Å²) in [5.74, 6) is 2.10. The molecule has 13 heavy (non-hydrogen) atoms. The number of aliphatic hydroxyl groups is 1. The van der Waals surface area contributed by atoms with Crippen molar-refractivity contribution in [1.82, 2.24) is 0 Å². The van der Waals surface area contributed by atoms with Gasteiger partial charge in [-0.3, -0.25) is 0 Å². The minimum atomic E-state index is -0.0980. The van der Waals surface area contributed by atoms with Crippen LogP contribution in [-0.2, 0) is 0 Å². The van der Waals surface area contributed by atoms with Crippen LogP contribution in [0.1, 0.15) is 40.5 Å². The lowest BCUT2D eigenvalue weighted by atomic mass is 9.98. The van der Waals surface area contributed by atoms with Crippen LogP contribution < -0.4 is 0 Å². The third-order valence-corrected chi connectivity index (χ3v) is 3.14. The minimum absolute atomic E-state index is 0.0980. The van der Waals surface area contributed by atoms with Crippen LogP contribution in [0.3, 0.4) is 0 Å². The molecule has 0 aromatic carbocycles. The van der Waals surface area contributed by atoms with Crippen LogP contribution in [0, 0.1) is 17.8 Å². The van der Waals surface area contributed by atoms with Crippen LogP contribution in [-0.4, -0.2) is 11.2 Å². The Morgan fingerprint density at radius 2 is 2.00 bits per heavy atom. The van der Waals surface area contributed by atoms with E-state index in [9.17, 15) is 5.11 Å². The van der Waals surface area contributed by atoms with E-state index >= 15 is 0 Å². The van der Waals surface area contributed by atoms with Gasteiger partial charge in [-0.2, -0.15) is 0 Å². The molecule has 76 valence electrons. The van der Waals surface area contributed by atoms with Gasteiger partial charge in [-0.1, -0.05) is 18.6 Å². The second kappa shape index (κ2) is 4.28. The lowest BCUT2D eigenvalue weighted by Gasteiger charge is -2.09. The Morgan fingerprint density at radius 3 is 2.38 bits per heavy atom. The third kappa shape index (κ3) is 3.15. The molecule has 0 spiro atoms. The summed E-state index contributed by atoms with van der Waals surface area (Å²) in [7, 11) is 0. The van der Waals surface area contributed by atoms with Crippen molar-refractivity contribution < 1.29 is 5.11 Å². The monoisotopic (exact) mass is 182 g/mol. The highest BCUT2D eigenvalue weighted by molar-refractivity contribution is 4.99. The molecule has 1 rings (SSSR count). The molecule has 1 heteroatoms. The summed E-state index contributed by atoms with van der Waals surface area (Å²) in [5, 5.41) is 9.37. The largest absolute Gasteiger partial charge is 0.393 e. The highest BCUT2D eigenvalue weighted by atomic mass is 16.3. The van der Waals surface area contributed by atoms with Crippen LogP contribution in [0.15, 0.2) is 11.6 Å². The molecule has 0 radical (unpaired) electrons. The zero-order valence-corrected chi connectivity index (χ0v) is 9.25. The Hall–Kier alpha value is -0.300. The molecule has 1 aliphatic carbocycles. The molecule has 1 fully saturated rings. The molecule has 0 aliphatic heterocycles. The van der Waals surface area contributed by atoms with Crippen molar-refractivity contribution >= 4 is 0 Å². The van der Waals surface area contributed by atoms with Gasteiger partial charge in [0.05, 0.1) is 6.10 Å². The van der Waals surface area contributed by atoms with E-state index in [1.165, 1.54) is 18.4 Å². The fourth-order valence-electron chi connectivity index (χ4n) is 2.04. The molecule has 1 saturated carbocycles. The minimum Gasteiger partial charge on any atom is -0.393 e. The first-order valence-corrected chi connectivity index (χ1v) is 5.33. The highest BCUT2D eigenvalue weighted by Crippen LogP contribution is 2.47. The topological polar surface area (TPSA) is 20.2 Å². The molecule has 1 N–H and O–H groups in total. The Labute approximate surface area is 81.9 Å². The molecule has 0 heterocycles. The van der Waals surface area contributed by atoms with E-state index in [1.54, 1.807) is 0 Å². The van der Waals surface area contributed by atoms with Crippen molar-refractivity contribution in [2.45, 2.75) is 46.6 Å². The number of hydrogen-bond acceptors (Lipinski definition) is 1. The second-order valence-corrected chi connectivity index (χ2v) is 4.80. The maximum Gasteiger partial charge on any atom is 0.0543 e.